The van der Waals surface area contributed by atoms with Gasteiger partial charge in [0, 0.05) is 11.8 Å². The lowest BCUT2D eigenvalue weighted by Crippen LogP contribution is -2.38. The Bertz CT molecular complexity index is 1220. The molecule has 0 atom stereocenters. The van der Waals surface area contributed by atoms with Gasteiger partial charge in [-0.15, -0.1) is 16.8 Å². The number of thioether (sulfide) groups is 1. The van der Waals surface area contributed by atoms with Gasteiger partial charge in [0.15, 0.2) is 15.8 Å². The van der Waals surface area contributed by atoms with Crippen LogP contribution in [0.15, 0.2) is 70.4 Å². The summed E-state index contributed by atoms with van der Waals surface area (Å²) in [6.45, 7) is 3.19. The highest BCUT2D eigenvalue weighted by Crippen LogP contribution is 2.32. The van der Waals surface area contributed by atoms with Crippen LogP contribution in [0.5, 0.6) is 11.5 Å². The van der Waals surface area contributed by atoms with E-state index in [2.05, 4.69) is 22.1 Å². The number of nitrogens with zero attached hydrogens (tertiary/aromatic N) is 3. The van der Waals surface area contributed by atoms with E-state index in [1.165, 1.54) is 55.5 Å². The summed E-state index contributed by atoms with van der Waals surface area (Å²) >= 11 is 2.63. The zero-order valence-corrected chi connectivity index (χ0v) is 20.4. The third-order valence-electron chi connectivity index (χ3n) is 4.25. The summed E-state index contributed by atoms with van der Waals surface area (Å²) in [5.41, 5.74) is 0.335. The average Bonchev–Trinajstić information content (AvgIpc) is 3.28. The number of hydrogen-bond acceptors (Lipinski definition) is 9. The van der Waals surface area contributed by atoms with Gasteiger partial charge in [-0.05, 0) is 24.3 Å². The van der Waals surface area contributed by atoms with Crippen molar-refractivity contribution in [1.82, 2.24) is 10.2 Å². The fourth-order valence-electron chi connectivity index (χ4n) is 2.75. The fourth-order valence-corrected chi connectivity index (χ4v) is 5.72. The third kappa shape index (κ3) is 6.03. The first-order valence-electron chi connectivity index (χ1n) is 9.56. The smallest absolute Gasteiger partial charge is 0.264 e. The molecule has 3 aromatic rings. The van der Waals surface area contributed by atoms with Crippen LogP contribution in [0.1, 0.15) is 0 Å². The zero-order valence-electron chi connectivity index (χ0n) is 17.9. The number of aromatic nitrogens is 2. The molecular formula is C21H22N4O5S3. The highest BCUT2D eigenvalue weighted by molar-refractivity contribution is 8.01. The first kappa shape index (κ1) is 24.6. The minimum Gasteiger partial charge on any atom is -0.493 e. The Morgan fingerprint density at radius 2 is 1.88 bits per heavy atom. The first-order chi connectivity index (χ1) is 15.9. The Labute approximate surface area is 200 Å². The van der Waals surface area contributed by atoms with E-state index in [-0.39, 0.29) is 15.8 Å². The van der Waals surface area contributed by atoms with E-state index < -0.39 is 22.5 Å². The van der Waals surface area contributed by atoms with Crippen LogP contribution in [-0.2, 0) is 14.8 Å². The van der Waals surface area contributed by atoms with E-state index in [0.29, 0.717) is 21.5 Å². The maximum absolute atomic E-state index is 13.5. The van der Waals surface area contributed by atoms with Crippen molar-refractivity contribution in [3.63, 3.8) is 0 Å². The number of methoxy groups -OCH3 is 2. The predicted octanol–water partition coefficient (Wildman–Crippen LogP) is 3.67. The molecule has 0 saturated heterocycles. The average molecular weight is 507 g/mol. The Hall–Kier alpha value is -3.09. The molecule has 0 radical (unpaired) electrons. The topological polar surface area (TPSA) is 111 Å². The van der Waals surface area contributed by atoms with Gasteiger partial charge in [0.1, 0.15) is 6.54 Å². The molecule has 0 aliphatic carbocycles. The zero-order chi connectivity index (χ0) is 23.8. The van der Waals surface area contributed by atoms with Crippen LogP contribution >= 0.6 is 23.1 Å². The number of rotatable bonds is 11. The predicted molar refractivity (Wildman–Crippen MR) is 130 cm³/mol. The number of ether oxygens (including phenoxy) is 2. The second-order valence-electron chi connectivity index (χ2n) is 6.38. The van der Waals surface area contributed by atoms with Crippen molar-refractivity contribution in [3.8, 4) is 11.5 Å². The number of para-hydroxylation sites is 1. The molecule has 0 spiro atoms. The van der Waals surface area contributed by atoms with Crippen molar-refractivity contribution < 1.29 is 22.7 Å². The maximum Gasteiger partial charge on any atom is 0.264 e. The van der Waals surface area contributed by atoms with Gasteiger partial charge in [0.25, 0.3) is 10.0 Å². The lowest BCUT2D eigenvalue weighted by Gasteiger charge is -2.24. The van der Waals surface area contributed by atoms with Crippen LogP contribution in [0.4, 0.5) is 10.8 Å². The summed E-state index contributed by atoms with van der Waals surface area (Å²) in [7, 11) is -1.24. The second kappa shape index (κ2) is 11.2. The molecule has 3 rings (SSSR count). The van der Waals surface area contributed by atoms with E-state index >= 15 is 0 Å². The van der Waals surface area contributed by atoms with Crippen LogP contribution in [0, 0.1) is 0 Å². The number of hydrogen-bond donors (Lipinski definition) is 1. The summed E-state index contributed by atoms with van der Waals surface area (Å²) in [6.07, 6.45) is 1.74. The largest absolute Gasteiger partial charge is 0.493 e. The lowest BCUT2D eigenvalue weighted by atomic mass is 10.3. The molecule has 2 aromatic carbocycles. The molecule has 12 heteroatoms. The molecule has 0 bridgehead atoms. The van der Waals surface area contributed by atoms with Crippen molar-refractivity contribution in [2.75, 3.05) is 36.1 Å². The van der Waals surface area contributed by atoms with Crippen molar-refractivity contribution in [3.05, 3.63) is 61.2 Å². The quantitative estimate of drug-likeness (QED) is 0.238. The number of amides is 1. The van der Waals surface area contributed by atoms with Gasteiger partial charge in [-0.3, -0.25) is 14.4 Å². The molecule has 0 unspecified atom stereocenters. The number of benzene rings is 2. The third-order valence-corrected chi connectivity index (χ3v) is 7.99. The number of carbonyl (C=O) groups is 1. The Morgan fingerprint density at radius 1 is 1.15 bits per heavy atom. The highest BCUT2D eigenvalue weighted by Gasteiger charge is 2.28. The van der Waals surface area contributed by atoms with Gasteiger partial charge < -0.3 is 9.47 Å². The standard InChI is InChI=1S/C21H22N4O5S3/c1-4-12-31-21-24-23-20(32-21)22-19(26)14-25(15-8-6-5-7-9-15)33(27,28)16-10-11-17(29-2)18(13-16)30-3/h4-11,13H,1,12,14H2,2-3H3,(H,22,23,26). The van der Waals surface area contributed by atoms with Crippen LogP contribution in [-0.4, -0.2) is 51.0 Å². The summed E-state index contributed by atoms with van der Waals surface area (Å²) in [4.78, 5) is 12.7. The summed E-state index contributed by atoms with van der Waals surface area (Å²) < 4.78 is 39.2. The van der Waals surface area contributed by atoms with Gasteiger partial charge in [0.2, 0.25) is 11.0 Å². The minimum absolute atomic E-state index is 0.0455. The molecule has 0 aliphatic rings. The molecule has 174 valence electrons. The normalized spacial score (nSPS) is 11.0. The maximum atomic E-state index is 13.5. The van der Waals surface area contributed by atoms with Crippen LogP contribution in [0.25, 0.3) is 0 Å². The van der Waals surface area contributed by atoms with E-state index in [0.717, 1.165) is 4.31 Å². The van der Waals surface area contributed by atoms with Gasteiger partial charge in [0.05, 0.1) is 24.8 Å². The minimum atomic E-state index is -4.12. The van der Waals surface area contributed by atoms with Crippen LogP contribution in [0.2, 0.25) is 0 Å². The Morgan fingerprint density at radius 3 is 2.55 bits per heavy atom. The van der Waals surface area contributed by atoms with E-state index in [1.54, 1.807) is 36.4 Å². The molecule has 1 aromatic heterocycles. The molecule has 0 saturated carbocycles. The highest BCUT2D eigenvalue weighted by atomic mass is 32.2. The van der Waals surface area contributed by atoms with E-state index in [9.17, 15) is 13.2 Å². The summed E-state index contributed by atoms with van der Waals surface area (Å²) in [5.74, 6) is 0.754. The van der Waals surface area contributed by atoms with Crippen molar-refractivity contribution in [2.24, 2.45) is 0 Å². The van der Waals surface area contributed by atoms with Gasteiger partial charge >= 0.3 is 0 Å². The SMILES string of the molecule is C=CCSc1nnc(NC(=O)CN(c2ccccc2)S(=O)(=O)c2ccc(OC)c(OC)c2)s1. The summed E-state index contributed by atoms with van der Waals surface area (Å²) in [6, 6.07) is 12.6. The monoisotopic (exact) mass is 506 g/mol. The lowest BCUT2D eigenvalue weighted by molar-refractivity contribution is -0.114. The van der Waals surface area contributed by atoms with E-state index in [1.807, 2.05) is 0 Å². The molecule has 1 N–H and O–H groups in total. The Balaban J connectivity index is 1.88. The molecule has 0 fully saturated rings. The molecule has 9 nitrogen and oxygen atoms in total. The Kier molecular flexibility index (Phi) is 8.31. The fraction of sp³-hybridized carbons (Fsp3) is 0.190. The summed E-state index contributed by atoms with van der Waals surface area (Å²) in [5, 5.41) is 10.8. The molecule has 33 heavy (non-hydrogen) atoms. The molecule has 1 amide bonds. The number of nitrogens with one attached hydrogen (secondary N) is 1. The number of carbonyl (C=O) groups excluding carboxylic acids is 1. The molecular weight excluding hydrogens is 484 g/mol. The first-order valence-corrected chi connectivity index (χ1v) is 12.8. The van der Waals surface area contributed by atoms with Crippen LogP contribution in [0.3, 0.4) is 0 Å². The van der Waals surface area contributed by atoms with Gasteiger partial charge in [-0.2, -0.15) is 0 Å². The second-order valence-corrected chi connectivity index (χ2v) is 10.5. The number of anilines is 2. The van der Waals surface area contributed by atoms with Gasteiger partial charge in [-0.1, -0.05) is 47.4 Å². The molecule has 1 heterocycles. The van der Waals surface area contributed by atoms with Crippen molar-refractivity contribution >= 4 is 49.8 Å². The van der Waals surface area contributed by atoms with Crippen molar-refractivity contribution in [2.45, 2.75) is 9.24 Å². The molecule has 0 aliphatic heterocycles. The van der Waals surface area contributed by atoms with E-state index in [4.69, 9.17) is 9.47 Å². The van der Waals surface area contributed by atoms with Crippen molar-refractivity contribution in [1.29, 1.82) is 0 Å². The number of sulfonamides is 1. The van der Waals surface area contributed by atoms with Gasteiger partial charge in [-0.25, -0.2) is 8.42 Å². The van der Waals surface area contributed by atoms with Crippen LogP contribution < -0.4 is 19.1 Å².